The molecule has 2 aromatic carbocycles. The Bertz CT molecular complexity index is 985. The predicted molar refractivity (Wildman–Crippen MR) is 105 cm³/mol. The van der Waals surface area contributed by atoms with Crippen LogP contribution in [0.15, 0.2) is 36.4 Å². The highest BCUT2D eigenvalue weighted by molar-refractivity contribution is 6.09. The molecule has 2 fully saturated rings. The van der Waals surface area contributed by atoms with Gasteiger partial charge in [0.05, 0.1) is 20.3 Å². The van der Waals surface area contributed by atoms with Gasteiger partial charge >= 0.3 is 6.03 Å². The summed E-state index contributed by atoms with van der Waals surface area (Å²) in [5.74, 6) is 0.0538. The molecule has 1 N–H and O–H groups in total. The van der Waals surface area contributed by atoms with Gasteiger partial charge < -0.3 is 19.7 Å². The minimum Gasteiger partial charge on any atom is -0.497 e. The monoisotopic (exact) mass is 397 g/mol. The quantitative estimate of drug-likeness (QED) is 0.790. The van der Waals surface area contributed by atoms with Gasteiger partial charge in [0.1, 0.15) is 17.8 Å². The summed E-state index contributed by atoms with van der Waals surface area (Å²) >= 11 is 0. The van der Waals surface area contributed by atoms with Crippen LogP contribution in [-0.4, -0.2) is 67.6 Å². The van der Waals surface area contributed by atoms with E-state index in [0.29, 0.717) is 31.9 Å². The van der Waals surface area contributed by atoms with Gasteiger partial charge in [0, 0.05) is 13.1 Å². The number of amides is 4. The molecule has 4 amide bonds. The Hall–Kier alpha value is -3.13. The van der Waals surface area contributed by atoms with Crippen molar-refractivity contribution in [3.63, 3.8) is 0 Å². The summed E-state index contributed by atoms with van der Waals surface area (Å²) in [6, 6.07) is 10.7. The van der Waals surface area contributed by atoms with Gasteiger partial charge in [-0.2, -0.15) is 0 Å². The van der Waals surface area contributed by atoms with Crippen LogP contribution in [0.5, 0.6) is 5.75 Å². The first-order valence-corrected chi connectivity index (χ1v) is 9.50. The Labute approximate surface area is 168 Å². The van der Waals surface area contributed by atoms with Crippen LogP contribution >= 0.6 is 0 Å². The number of imide groups is 1. The van der Waals surface area contributed by atoms with Gasteiger partial charge in [-0.1, -0.05) is 18.2 Å². The van der Waals surface area contributed by atoms with E-state index < -0.39 is 17.5 Å². The van der Waals surface area contributed by atoms with Crippen molar-refractivity contribution in [1.82, 2.24) is 15.1 Å². The topological polar surface area (TPSA) is 88.2 Å². The molecule has 2 saturated heterocycles. The lowest BCUT2D eigenvalue weighted by Crippen LogP contribution is -2.47. The number of urea groups is 1. The van der Waals surface area contributed by atoms with E-state index in [4.69, 9.17) is 9.47 Å². The number of fused-ring (bicyclic) bond motifs is 1. The van der Waals surface area contributed by atoms with Crippen LogP contribution in [0.3, 0.4) is 0 Å². The molecule has 29 heavy (non-hydrogen) atoms. The molecule has 1 atom stereocenters. The first kappa shape index (κ1) is 19.2. The van der Waals surface area contributed by atoms with Gasteiger partial charge in [-0.15, -0.1) is 0 Å². The van der Waals surface area contributed by atoms with E-state index in [9.17, 15) is 14.4 Å². The summed E-state index contributed by atoms with van der Waals surface area (Å²) in [4.78, 5) is 40.8. The molecule has 0 aliphatic carbocycles. The number of carbonyl (C=O) groups excluding carboxylic acids is 3. The maximum Gasteiger partial charge on any atom is 0.325 e. The molecule has 0 saturated carbocycles. The number of nitrogens with one attached hydrogen (secondary N) is 1. The van der Waals surface area contributed by atoms with Crippen molar-refractivity contribution in [2.24, 2.45) is 0 Å². The third-order valence-electron chi connectivity index (χ3n) is 5.56. The first-order chi connectivity index (χ1) is 13.9. The maximum atomic E-state index is 13.1. The summed E-state index contributed by atoms with van der Waals surface area (Å²) < 4.78 is 10.5. The van der Waals surface area contributed by atoms with E-state index in [-0.39, 0.29) is 12.5 Å². The number of nitrogens with zero attached hydrogens (tertiary/aromatic N) is 2. The molecule has 0 unspecified atom stereocenters. The molecule has 2 aromatic rings. The summed E-state index contributed by atoms with van der Waals surface area (Å²) in [7, 11) is 1.61. The zero-order chi connectivity index (χ0) is 20.6. The molecular weight excluding hydrogens is 374 g/mol. The van der Waals surface area contributed by atoms with Crippen molar-refractivity contribution >= 4 is 28.6 Å². The molecule has 2 aliphatic heterocycles. The molecule has 0 aromatic heterocycles. The second kappa shape index (κ2) is 7.36. The lowest BCUT2D eigenvalue weighted by Gasteiger charge is -2.28. The highest BCUT2D eigenvalue weighted by Crippen LogP contribution is 2.32. The molecule has 0 spiro atoms. The number of benzene rings is 2. The van der Waals surface area contributed by atoms with Crippen molar-refractivity contribution in [2.45, 2.75) is 12.5 Å². The number of methoxy groups -OCH3 is 1. The van der Waals surface area contributed by atoms with Crippen LogP contribution in [0, 0.1) is 0 Å². The zero-order valence-corrected chi connectivity index (χ0v) is 16.4. The number of hydrogen-bond acceptors (Lipinski definition) is 5. The van der Waals surface area contributed by atoms with Gasteiger partial charge in [-0.3, -0.25) is 14.5 Å². The fourth-order valence-corrected chi connectivity index (χ4v) is 3.75. The minimum absolute atomic E-state index is 0.258. The average Bonchev–Trinajstić information content (AvgIpc) is 2.97. The third-order valence-corrected chi connectivity index (χ3v) is 5.56. The normalized spacial score (nSPS) is 22.1. The summed E-state index contributed by atoms with van der Waals surface area (Å²) in [6.45, 7) is 3.25. The predicted octanol–water partition coefficient (Wildman–Crippen LogP) is 1.47. The van der Waals surface area contributed by atoms with Crippen LogP contribution < -0.4 is 10.1 Å². The second-order valence-corrected chi connectivity index (χ2v) is 7.37. The second-order valence-electron chi connectivity index (χ2n) is 7.37. The summed E-state index contributed by atoms with van der Waals surface area (Å²) in [5.41, 5.74) is -0.564. The Morgan fingerprint density at radius 2 is 1.83 bits per heavy atom. The van der Waals surface area contributed by atoms with Gasteiger partial charge in [0.25, 0.3) is 5.91 Å². The molecule has 2 aliphatic rings. The van der Waals surface area contributed by atoms with E-state index in [1.165, 1.54) is 0 Å². The van der Waals surface area contributed by atoms with Crippen molar-refractivity contribution < 1.29 is 23.9 Å². The van der Waals surface area contributed by atoms with Crippen LogP contribution in [0.1, 0.15) is 12.5 Å². The molecule has 8 heteroatoms. The van der Waals surface area contributed by atoms with Crippen molar-refractivity contribution in [3.8, 4) is 5.75 Å². The van der Waals surface area contributed by atoms with Crippen molar-refractivity contribution in [2.75, 3.05) is 40.0 Å². The first-order valence-electron chi connectivity index (χ1n) is 9.50. The van der Waals surface area contributed by atoms with Gasteiger partial charge in [-0.25, -0.2) is 4.79 Å². The molecule has 0 bridgehead atoms. The smallest absolute Gasteiger partial charge is 0.325 e. The molecule has 4 rings (SSSR count). The molecule has 8 nitrogen and oxygen atoms in total. The van der Waals surface area contributed by atoms with E-state index in [1.807, 2.05) is 36.4 Å². The SMILES string of the molecule is COc1ccc2cc([C@@]3(C)NC(=O)N(CC(=O)N4CCOCC4)C3=O)ccc2c1. The number of hydrogen-bond donors (Lipinski definition) is 1. The van der Waals surface area contributed by atoms with Gasteiger partial charge in [-0.05, 0) is 41.5 Å². The van der Waals surface area contributed by atoms with Crippen LogP contribution in [0.25, 0.3) is 10.8 Å². The minimum atomic E-state index is -1.23. The van der Waals surface area contributed by atoms with E-state index in [1.54, 1.807) is 18.9 Å². The Kier molecular flexibility index (Phi) is 4.87. The lowest BCUT2D eigenvalue weighted by atomic mass is 9.90. The average molecular weight is 397 g/mol. The number of rotatable bonds is 4. The maximum absolute atomic E-state index is 13.1. The number of morpholine rings is 1. The van der Waals surface area contributed by atoms with Gasteiger partial charge in [0.15, 0.2) is 0 Å². The Balaban J connectivity index is 1.57. The fraction of sp³-hybridized carbons (Fsp3) is 0.381. The van der Waals surface area contributed by atoms with Crippen LogP contribution in [0.4, 0.5) is 4.79 Å². The standard InChI is InChI=1S/C21H23N3O5/c1-21(16-5-3-15-12-17(28-2)6-4-14(15)11-16)19(26)24(20(27)22-21)13-18(25)23-7-9-29-10-8-23/h3-6,11-12H,7-10,13H2,1-2H3,(H,22,27)/t21-/m1/s1. The summed E-state index contributed by atoms with van der Waals surface area (Å²) in [5, 5.41) is 4.65. The third kappa shape index (κ3) is 3.40. The van der Waals surface area contributed by atoms with Crippen LogP contribution in [0.2, 0.25) is 0 Å². The van der Waals surface area contributed by atoms with E-state index in [2.05, 4.69) is 5.32 Å². The van der Waals surface area contributed by atoms with Crippen LogP contribution in [-0.2, 0) is 19.9 Å². The fourth-order valence-electron chi connectivity index (χ4n) is 3.75. The van der Waals surface area contributed by atoms with E-state index >= 15 is 0 Å². The Morgan fingerprint density at radius 1 is 1.14 bits per heavy atom. The molecule has 2 heterocycles. The number of ether oxygens (including phenoxy) is 2. The van der Waals surface area contributed by atoms with Gasteiger partial charge in [0.2, 0.25) is 5.91 Å². The van der Waals surface area contributed by atoms with E-state index in [0.717, 1.165) is 21.4 Å². The highest BCUT2D eigenvalue weighted by atomic mass is 16.5. The number of carbonyl (C=O) groups is 3. The molecule has 152 valence electrons. The van der Waals surface area contributed by atoms with Crippen molar-refractivity contribution in [1.29, 1.82) is 0 Å². The molecule has 0 radical (unpaired) electrons. The summed E-state index contributed by atoms with van der Waals surface area (Å²) in [6.07, 6.45) is 0. The highest BCUT2D eigenvalue weighted by Gasteiger charge is 2.49. The van der Waals surface area contributed by atoms with Crippen molar-refractivity contribution in [3.05, 3.63) is 42.0 Å². The zero-order valence-electron chi connectivity index (χ0n) is 16.4. The molecular formula is C21H23N3O5. The Morgan fingerprint density at radius 3 is 2.55 bits per heavy atom. The lowest BCUT2D eigenvalue weighted by molar-refractivity contribution is -0.141. The largest absolute Gasteiger partial charge is 0.497 e.